The number of amides is 1. The summed E-state index contributed by atoms with van der Waals surface area (Å²) in [4.78, 5) is 20.9. The molecule has 0 saturated carbocycles. The van der Waals surface area contributed by atoms with Crippen molar-refractivity contribution < 1.29 is 14.3 Å². The Hall–Kier alpha value is -3.02. The summed E-state index contributed by atoms with van der Waals surface area (Å²) in [7, 11) is 0. The second kappa shape index (κ2) is 5.88. The number of para-hydroxylation sites is 1. The van der Waals surface area contributed by atoms with Crippen molar-refractivity contribution in [1.29, 1.82) is 0 Å². The number of carbonyl (C=O) groups excluding carboxylic acids is 1. The number of phenolic OH excluding ortho intramolecular Hbond substituents is 1. The molecule has 4 rings (SSSR count). The fraction of sp³-hybridized carbons (Fsp3) is 0.222. The van der Waals surface area contributed by atoms with Crippen LogP contribution in [0.3, 0.4) is 0 Å². The van der Waals surface area contributed by atoms with Gasteiger partial charge >= 0.3 is 0 Å². The van der Waals surface area contributed by atoms with E-state index >= 15 is 0 Å². The molecule has 1 N–H and O–H groups in total. The molecule has 24 heavy (non-hydrogen) atoms. The van der Waals surface area contributed by atoms with Gasteiger partial charge in [0.25, 0.3) is 5.91 Å². The molecule has 2 aromatic heterocycles. The molecule has 0 spiro atoms. The molecule has 3 heterocycles. The lowest BCUT2D eigenvalue weighted by molar-refractivity contribution is 0.0743. The highest BCUT2D eigenvalue weighted by Gasteiger charge is 2.25. The van der Waals surface area contributed by atoms with E-state index in [-0.39, 0.29) is 11.7 Å². The van der Waals surface area contributed by atoms with Crippen LogP contribution in [0.25, 0.3) is 11.0 Å². The fourth-order valence-electron chi connectivity index (χ4n) is 3.08. The van der Waals surface area contributed by atoms with E-state index in [9.17, 15) is 9.90 Å². The van der Waals surface area contributed by atoms with E-state index in [1.54, 1.807) is 35.6 Å². The smallest absolute Gasteiger partial charge is 0.257 e. The largest absolute Gasteiger partial charge is 0.507 e. The molecule has 3 aromatic rings. The summed E-state index contributed by atoms with van der Waals surface area (Å²) in [6.45, 7) is 2.55. The molecule has 1 aliphatic rings. The average molecular weight is 323 g/mol. The van der Waals surface area contributed by atoms with E-state index in [0.29, 0.717) is 31.7 Å². The van der Waals surface area contributed by atoms with Crippen molar-refractivity contribution in [3.63, 3.8) is 0 Å². The first kappa shape index (κ1) is 14.6. The minimum absolute atomic E-state index is 0.0229. The highest BCUT2D eigenvalue weighted by molar-refractivity contribution is 5.97. The molecule has 1 aliphatic heterocycles. The van der Waals surface area contributed by atoms with Gasteiger partial charge in [-0.25, -0.2) is 4.98 Å². The van der Waals surface area contributed by atoms with Crippen molar-refractivity contribution >= 4 is 22.7 Å². The molecule has 1 amide bonds. The Morgan fingerprint density at radius 2 is 1.88 bits per heavy atom. The lowest BCUT2D eigenvalue weighted by Gasteiger charge is -2.35. The van der Waals surface area contributed by atoms with E-state index in [1.807, 2.05) is 12.1 Å². The highest BCUT2D eigenvalue weighted by atomic mass is 16.3. The van der Waals surface area contributed by atoms with Crippen LogP contribution in [0.2, 0.25) is 0 Å². The minimum atomic E-state index is -0.137. The summed E-state index contributed by atoms with van der Waals surface area (Å²) in [5, 5.41) is 10.8. The first-order valence-corrected chi connectivity index (χ1v) is 7.88. The second-order valence-corrected chi connectivity index (χ2v) is 5.76. The third kappa shape index (κ3) is 2.46. The number of phenols is 1. The van der Waals surface area contributed by atoms with Crippen LogP contribution < -0.4 is 4.90 Å². The van der Waals surface area contributed by atoms with E-state index in [0.717, 1.165) is 16.8 Å². The van der Waals surface area contributed by atoms with Crippen molar-refractivity contribution in [3.05, 3.63) is 54.4 Å². The van der Waals surface area contributed by atoms with E-state index in [2.05, 4.69) is 9.88 Å². The molecular weight excluding hydrogens is 306 g/mol. The number of furan rings is 1. The molecule has 1 saturated heterocycles. The number of pyridine rings is 1. The number of anilines is 1. The molecule has 0 atom stereocenters. The maximum atomic E-state index is 12.6. The zero-order chi connectivity index (χ0) is 16.5. The number of hydrogen-bond donors (Lipinski definition) is 1. The summed E-state index contributed by atoms with van der Waals surface area (Å²) >= 11 is 0. The third-order valence-corrected chi connectivity index (χ3v) is 4.36. The van der Waals surface area contributed by atoms with Gasteiger partial charge in [0.15, 0.2) is 0 Å². The SMILES string of the molecule is O=C(c1ccccc1O)N1CCN(c2nccc3occc23)CC1. The number of carbonyl (C=O) groups is 1. The Kier molecular flexibility index (Phi) is 3.57. The predicted octanol–water partition coefficient (Wildman–Crippen LogP) is 2.50. The summed E-state index contributed by atoms with van der Waals surface area (Å²) in [6.07, 6.45) is 3.40. The van der Waals surface area contributed by atoms with Crippen LogP contribution in [-0.4, -0.2) is 47.1 Å². The van der Waals surface area contributed by atoms with Gasteiger partial charge in [-0.15, -0.1) is 0 Å². The lowest BCUT2D eigenvalue weighted by Crippen LogP contribution is -2.49. The monoisotopic (exact) mass is 323 g/mol. The topological polar surface area (TPSA) is 69.8 Å². The van der Waals surface area contributed by atoms with Crippen LogP contribution in [0.4, 0.5) is 5.82 Å². The summed E-state index contributed by atoms with van der Waals surface area (Å²) < 4.78 is 5.42. The zero-order valence-electron chi connectivity index (χ0n) is 13.1. The van der Waals surface area contributed by atoms with Crippen LogP contribution in [0.15, 0.2) is 53.3 Å². The number of piperazine rings is 1. The third-order valence-electron chi connectivity index (χ3n) is 4.36. The number of nitrogens with zero attached hydrogens (tertiary/aromatic N) is 3. The fourth-order valence-corrected chi connectivity index (χ4v) is 3.08. The van der Waals surface area contributed by atoms with Gasteiger partial charge in [0, 0.05) is 32.4 Å². The number of benzene rings is 1. The molecule has 0 radical (unpaired) electrons. The second-order valence-electron chi connectivity index (χ2n) is 5.76. The minimum Gasteiger partial charge on any atom is -0.507 e. The van der Waals surface area contributed by atoms with Gasteiger partial charge in [-0.2, -0.15) is 0 Å². The summed E-state index contributed by atoms with van der Waals surface area (Å²) in [5.41, 5.74) is 1.16. The quantitative estimate of drug-likeness (QED) is 0.784. The predicted molar refractivity (Wildman–Crippen MR) is 90.2 cm³/mol. The normalized spacial score (nSPS) is 15.0. The Morgan fingerprint density at radius 1 is 1.08 bits per heavy atom. The summed E-state index contributed by atoms with van der Waals surface area (Å²) in [5.74, 6) is 0.771. The van der Waals surface area contributed by atoms with Crippen LogP contribution in [0, 0.1) is 0 Å². The van der Waals surface area contributed by atoms with E-state index < -0.39 is 0 Å². The van der Waals surface area contributed by atoms with Gasteiger partial charge in [-0.3, -0.25) is 4.79 Å². The molecule has 6 heteroatoms. The van der Waals surface area contributed by atoms with Crippen molar-refractivity contribution in [1.82, 2.24) is 9.88 Å². The molecule has 0 bridgehead atoms. The first-order chi connectivity index (χ1) is 11.7. The molecule has 0 aliphatic carbocycles. The van der Waals surface area contributed by atoms with Crippen LogP contribution >= 0.6 is 0 Å². The number of hydrogen-bond acceptors (Lipinski definition) is 5. The standard InChI is InChI=1S/C18H17N3O3/c22-15-4-2-1-3-13(15)18(23)21-10-8-20(9-11-21)17-14-6-12-24-16(14)5-7-19-17/h1-7,12,22H,8-11H2. The maximum Gasteiger partial charge on any atom is 0.257 e. The van der Waals surface area contributed by atoms with Gasteiger partial charge < -0.3 is 19.3 Å². The molecule has 0 unspecified atom stereocenters. The molecule has 1 fully saturated rings. The zero-order valence-corrected chi connectivity index (χ0v) is 13.1. The molecular formula is C18H17N3O3. The molecule has 1 aromatic carbocycles. The lowest BCUT2D eigenvalue weighted by atomic mass is 10.1. The van der Waals surface area contributed by atoms with Gasteiger partial charge in [-0.1, -0.05) is 12.1 Å². The maximum absolute atomic E-state index is 12.6. The van der Waals surface area contributed by atoms with Gasteiger partial charge in [0.2, 0.25) is 0 Å². The molecule has 122 valence electrons. The Morgan fingerprint density at radius 3 is 2.67 bits per heavy atom. The number of aromatic hydroxyl groups is 1. The van der Waals surface area contributed by atoms with Gasteiger partial charge in [-0.05, 0) is 24.3 Å². The summed E-state index contributed by atoms with van der Waals surface area (Å²) in [6, 6.07) is 10.4. The number of rotatable bonds is 2. The van der Waals surface area contributed by atoms with Gasteiger partial charge in [0.05, 0.1) is 17.2 Å². The van der Waals surface area contributed by atoms with E-state index in [1.165, 1.54) is 6.07 Å². The van der Waals surface area contributed by atoms with Crippen LogP contribution in [-0.2, 0) is 0 Å². The Bertz CT molecular complexity index is 882. The van der Waals surface area contributed by atoms with Crippen molar-refractivity contribution in [2.24, 2.45) is 0 Å². The van der Waals surface area contributed by atoms with Crippen molar-refractivity contribution in [2.45, 2.75) is 0 Å². The average Bonchev–Trinajstić information content (AvgIpc) is 3.10. The van der Waals surface area contributed by atoms with Crippen LogP contribution in [0.5, 0.6) is 5.75 Å². The number of fused-ring (bicyclic) bond motifs is 1. The van der Waals surface area contributed by atoms with E-state index in [4.69, 9.17) is 4.42 Å². The van der Waals surface area contributed by atoms with Crippen molar-refractivity contribution in [3.8, 4) is 5.75 Å². The first-order valence-electron chi connectivity index (χ1n) is 7.88. The highest BCUT2D eigenvalue weighted by Crippen LogP contribution is 2.26. The molecule has 6 nitrogen and oxygen atoms in total. The van der Waals surface area contributed by atoms with Gasteiger partial charge in [0.1, 0.15) is 17.2 Å². The van der Waals surface area contributed by atoms with Crippen molar-refractivity contribution in [2.75, 3.05) is 31.1 Å². The van der Waals surface area contributed by atoms with Crippen LogP contribution in [0.1, 0.15) is 10.4 Å². The Labute approximate surface area is 138 Å². The Balaban J connectivity index is 1.50. The number of aromatic nitrogens is 1.